The fourth-order valence-corrected chi connectivity index (χ4v) is 4.69. The summed E-state index contributed by atoms with van der Waals surface area (Å²) in [7, 11) is 0. The van der Waals surface area contributed by atoms with Crippen molar-refractivity contribution in [3.05, 3.63) is 94.3 Å². The maximum atomic E-state index is 13.4. The van der Waals surface area contributed by atoms with E-state index in [1.807, 2.05) is 66.7 Å². The third-order valence-electron chi connectivity index (χ3n) is 5.69. The van der Waals surface area contributed by atoms with Gasteiger partial charge in [0, 0.05) is 5.69 Å². The lowest BCUT2D eigenvalue weighted by Crippen LogP contribution is -2.23. The van der Waals surface area contributed by atoms with Crippen molar-refractivity contribution in [2.45, 2.75) is 44.7 Å². The van der Waals surface area contributed by atoms with Crippen molar-refractivity contribution in [3.8, 4) is 5.69 Å². The number of nitrogens with one attached hydrogen (secondary N) is 1. The molecule has 0 aliphatic carbocycles. The molecule has 0 radical (unpaired) electrons. The van der Waals surface area contributed by atoms with Gasteiger partial charge in [-0.3, -0.25) is 14.2 Å². The number of thioether (sulfide) groups is 1. The number of aromatic nitrogens is 2. The van der Waals surface area contributed by atoms with Crippen LogP contribution in [0, 0.1) is 0 Å². The molecule has 4 rings (SSSR count). The molecule has 0 unspecified atom stereocenters. The van der Waals surface area contributed by atoms with Crippen LogP contribution in [0.15, 0.2) is 82.7 Å². The summed E-state index contributed by atoms with van der Waals surface area (Å²) in [6.45, 7) is 8.45. The van der Waals surface area contributed by atoms with Gasteiger partial charge < -0.3 is 5.32 Å². The largest absolute Gasteiger partial charge is 0.325 e. The molecule has 1 N–H and O–H groups in total. The minimum Gasteiger partial charge on any atom is -0.325 e. The molecule has 1 heterocycles. The van der Waals surface area contributed by atoms with E-state index in [9.17, 15) is 9.59 Å². The number of benzene rings is 3. The Kier molecular flexibility index (Phi) is 6.89. The van der Waals surface area contributed by atoms with Crippen molar-refractivity contribution in [2.75, 3.05) is 11.1 Å². The molecule has 0 fully saturated rings. The number of nitrogens with zero attached hydrogens (tertiary/aromatic N) is 2. The van der Waals surface area contributed by atoms with Crippen molar-refractivity contribution >= 4 is 34.3 Å². The summed E-state index contributed by atoms with van der Waals surface area (Å²) in [6.07, 6.45) is 0.920. The number of hydrogen-bond donors (Lipinski definition) is 1. The first kappa shape index (κ1) is 23.8. The highest BCUT2D eigenvalue weighted by atomic mass is 32.2. The van der Waals surface area contributed by atoms with Crippen molar-refractivity contribution in [2.24, 2.45) is 0 Å². The second-order valence-corrected chi connectivity index (χ2v) is 10.1. The molecule has 3 aromatic carbocycles. The van der Waals surface area contributed by atoms with Gasteiger partial charge in [0.2, 0.25) is 5.91 Å². The van der Waals surface area contributed by atoms with E-state index in [1.165, 1.54) is 17.3 Å². The van der Waals surface area contributed by atoms with Crippen molar-refractivity contribution < 1.29 is 4.79 Å². The fraction of sp³-hybridized carbons (Fsp3) is 0.250. The highest BCUT2D eigenvalue weighted by Gasteiger charge is 2.19. The molecule has 0 saturated carbocycles. The first-order valence-corrected chi connectivity index (χ1v) is 12.4. The van der Waals surface area contributed by atoms with Crippen LogP contribution in [-0.2, 0) is 16.6 Å². The van der Waals surface area contributed by atoms with Gasteiger partial charge in [-0.25, -0.2) is 4.98 Å². The van der Waals surface area contributed by atoms with Gasteiger partial charge in [0.25, 0.3) is 5.56 Å². The average Bonchev–Trinajstić information content (AvgIpc) is 2.83. The van der Waals surface area contributed by atoms with Gasteiger partial charge in [0.05, 0.1) is 22.3 Å². The zero-order valence-electron chi connectivity index (χ0n) is 20.0. The van der Waals surface area contributed by atoms with Gasteiger partial charge in [-0.2, -0.15) is 0 Å². The standard InChI is InChI=1S/C28H29N3O2S/c1-5-19-14-16-20(17-15-19)31-26(33)21-10-6-8-12-23(21)30-27(31)34-18-25(32)29-24-13-9-7-11-22(24)28(2,3)4/h6-17H,5,18H2,1-4H3,(H,29,32). The van der Waals surface area contributed by atoms with E-state index in [4.69, 9.17) is 4.98 Å². The van der Waals surface area contributed by atoms with Crippen molar-refractivity contribution in [1.29, 1.82) is 0 Å². The molecule has 5 nitrogen and oxygen atoms in total. The maximum absolute atomic E-state index is 13.4. The number of aryl methyl sites for hydroxylation is 1. The van der Waals surface area contributed by atoms with Crippen LogP contribution in [0.25, 0.3) is 16.6 Å². The minimum absolute atomic E-state index is 0.0952. The molecule has 0 aliphatic rings. The van der Waals surface area contributed by atoms with Crippen LogP contribution in [0.2, 0.25) is 0 Å². The second kappa shape index (κ2) is 9.85. The van der Waals surface area contributed by atoms with Gasteiger partial charge in [-0.05, 0) is 53.3 Å². The lowest BCUT2D eigenvalue weighted by atomic mass is 9.86. The minimum atomic E-state index is -0.143. The topological polar surface area (TPSA) is 64.0 Å². The predicted molar refractivity (Wildman–Crippen MR) is 141 cm³/mol. The van der Waals surface area contributed by atoms with Crippen molar-refractivity contribution in [1.82, 2.24) is 9.55 Å². The average molecular weight is 472 g/mol. The van der Waals surface area contributed by atoms with Crippen LogP contribution >= 0.6 is 11.8 Å². The van der Waals surface area contributed by atoms with Gasteiger partial charge in [0.1, 0.15) is 0 Å². The molecular weight excluding hydrogens is 442 g/mol. The smallest absolute Gasteiger partial charge is 0.266 e. The summed E-state index contributed by atoms with van der Waals surface area (Å²) in [5, 5.41) is 4.08. The predicted octanol–water partition coefficient (Wildman–Crippen LogP) is 5.98. The lowest BCUT2D eigenvalue weighted by molar-refractivity contribution is -0.113. The zero-order valence-corrected chi connectivity index (χ0v) is 20.8. The Morgan fingerprint density at radius 1 is 0.971 bits per heavy atom. The molecule has 174 valence electrons. The Morgan fingerprint density at radius 2 is 1.65 bits per heavy atom. The summed E-state index contributed by atoms with van der Waals surface area (Å²) in [5.74, 6) is -0.00646. The Labute approximate surface area is 204 Å². The number of amides is 1. The van der Waals surface area contributed by atoms with E-state index in [0.29, 0.717) is 16.1 Å². The molecule has 0 spiro atoms. The summed E-state index contributed by atoms with van der Waals surface area (Å²) in [6, 6.07) is 23.0. The normalized spacial score (nSPS) is 11.5. The number of para-hydroxylation sites is 2. The number of anilines is 1. The molecule has 0 aliphatic heterocycles. The Morgan fingerprint density at radius 3 is 2.35 bits per heavy atom. The Hall–Kier alpha value is -3.38. The van der Waals surface area contributed by atoms with Gasteiger partial charge >= 0.3 is 0 Å². The molecule has 4 aromatic rings. The van der Waals surface area contributed by atoms with Crippen LogP contribution in [0.4, 0.5) is 5.69 Å². The van der Waals surface area contributed by atoms with Gasteiger partial charge in [-0.1, -0.05) is 81.9 Å². The molecule has 34 heavy (non-hydrogen) atoms. The van der Waals surface area contributed by atoms with E-state index < -0.39 is 0 Å². The molecular formula is C28H29N3O2S. The molecule has 1 aromatic heterocycles. The van der Waals surface area contributed by atoms with Gasteiger partial charge in [0.15, 0.2) is 5.16 Å². The highest BCUT2D eigenvalue weighted by molar-refractivity contribution is 7.99. The molecule has 1 amide bonds. The summed E-state index contributed by atoms with van der Waals surface area (Å²) in [4.78, 5) is 31.0. The van der Waals surface area contributed by atoms with Crippen LogP contribution in [0.1, 0.15) is 38.8 Å². The lowest BCUT2D eigenvalue weighted by Gasteiger charge is -2.23. The van der Waals surface area contributed by atoms with E-state index in [2.05, 4.69) is 33.0 Å². The van der Waals surface area contributed by atoms with Crippen LogP contribution < -0.4 is 10.9 Å². The number of carbonyl (C=O) groups is 1. The van der Waals surface area contributed by atoms with Gasteiger partial charge in [-0.15, -0.1) is 0 Å². The van der Waals surface area contributed by atoms with E-state index in [-0.39, 0.29) is 22.6 Å². The third-order valence-corrected chi connectivity index (χ3v) is 6.63. The zero-order chi connectivity index (χ0) is 24.3. The molecule has 0 saturated heterocycles. The van der Waals surface area contributed by atoms with E-state index in [0.717, 1.165) is 23.4 Å². The summed E-state index contributed by atoms with van der Waals surface area (Å²) < 4.78 is 1.60. The number of fused-ring (bicyclic) bond motifs is 1. The number of carbonyl (C=O) groups excluding carboxylic acids is 1. The highest BCUT2D eigenvalue weighted by Crippen LogP contribution is 2.29. The SMILES string of the molecule is CCc1ccc(-n2c(SCC(=O)Nc3ccccc3C(C)(C)C)nc3ccccc3c2=O)cc1. The Bertz CT molecular complexity index is 1390. The summed E-state index contributed by atoms with van der Waals surface area (Å²) >= 11 is 1.26. The second-order valence-electron chi connectivity index (χ2n) is 9.20. The third kappa shape index (κ3) is 5.07. The van der Waals surface area contributed by atoms with Crippen LogP contribution in [-0.4, -0.2) is 21.2 Å². The Balaban J connectivity index is 1.65. The van der Waals surface area contributed by atoms with E-state index in [1.54, 1.807) is 10.6 Å². The van der Waals surface area contributed by atoms with Crippen molar-refractivity contribution in [3.63, 3.8) is 0 Å². The molecule has 0 bridgehead atoms. The molecule has 0 atom stereocenters. The quantitative estimate of drug-likeness (QED) is 0.278. The summed E-state index contributed by atoms with van der Waals surface area (Å²) in [5.41, 5.74) is 4.19. The number of rotatable bonds is 6. The van der Waals surface area contributed by atoms with Crippen LogP contribution in [0.3, 0.4) is 0 Å². The molecule has 6 heteroatoms. The first-order chi connectivity index (χ1) is 16.3. The fourth-order valence-electron chi connectivity index (χ4n) is 3.88. The van der Waals surface area contributed by atoms with Crippen LogP contribution in [0.5, 0.6) is 0 Å². The monoisotopic (exact) mass is 471 g/mol. The first-order valence-electron chi connectivity index (χ1n) is 11.4. The van der Waals surface area contributed by atoms with E-state index >= 15 is 0 Å². The number of hydrogen-bond acceptors (Lipinski definition) is 4. The maximum Gasteiger partial charge on any atom is 0.266 e.